The van der Waals surface area contributed by atoms with Crippen LogP contribution in [0.1, 0.15) is 29.4 Å². The average molecular weight is 429 g/mol. The fourth-order valence-corrected chi connectivity index (χ4v) is 3.53. The van der Waals surface area contributed by atoms with Gasteiger partial charge in [0.15, 0.2) is 5.13 Å². The largest absolute Gasteiger partial charge is 0.348 e. The van der Waals surface area contributed by atoms with Gasteiger partial charge >= 0.3 is 6.03 Å². The second kappa shape index (κ2) is 10.0. The van der Waals surface area contributed by atoms with Gasteiger partial charge in [-0.1, -0.05) is 48.0 Å². The lowest BCUT2D eigenvalue weighted by Gasteiger charge is -2.12. The van der Waals surface area contributed by atoms with Crippen molar-refractivity contribution in [2.75, 3.05) is 10.6 Å². The number of rotatable bonds is 7. The van der Waals surface area contributed by atoms with Crippen LogP contribution in [0.15, 0.2) is 60.0 Å². The molecule has 3 amide bonds. The van der Waals surface area contributed by atoms with E-state index in [1.165, 1.54) is 16.9 Å². The predicted octanol–water partition coefficient (Wildman–Crippen LogP) is 5.19. The summed E-state index contributed by atoms with van der Waals surface area (Å²) in [7, 11) is 0. The Morgan fingerprint density at radius 2 is 1.90 bits per heavy atom. The molecule has 3 rings (SSSR count). The first kappa shape index (κ1) is 20.8. The van der Waals surface area contributed by atoms with E-state index in [1.807, 2.05) is 25.1 Å². The fourth-order valence-electron chi connectivity index (χ4n) is 2.66. The monoisotopic (exact) mass is 428 g/mol. The second-order valence-corrected chi connectivity index (χ2v) is 7.82. The standard InChI is InChI=1S/C21H21ClN4O2S/c1-14(10-11-15-6-3-2-4-7-15)23-19(27)18-13-29-21(25-18)26-20(28)24-17-9-5-8-16(22)12-17/h2-9,12-14H,10-11H2,1H3,(H,23,27)(H2,24,25,26,28). The number of halogens is 1. The molecule has 0 spiro atoms. The van der Waals surface area contributed by atoms with Gasteiger partial charge in [0, 0.05) is 22.1 Å². The molecular weight excluding hydrogens is 408 g/mol. The van der Waals surface area contributed by atoms with Crippen LogP contribution in [0.5, 0.6) is 0 Å². The highest BCUT2D eigenvalue weighted by Crippen LogP contribution is 2.18. The van der Waals surface area contributed by atoms with E-state index in [9.17, 15) is 9.59 Å². The Kier molecular flexibility index (Phi) is 7.21. The molecule has 0 saturated carbocycles. The molecule has 0 aliphatic carbocycles. The van der Waals surface area contributed by atoms with Gasteiger partial charge in [0.05, 0.1) is 0 Å². The number of amides is 3. The van der Waals surface area contributed by atoms with Gasteiger partial charge in [-0.15, -0.1) is 11.3 Å². The van der Waals surface area contributed by atoms with Crippen LogP contribution in [0, 0.1) is 0 Å². The Bertz CT molecular complexity index is 978. The molecule has 6 nitrogen and oxygen atoms in total. The topological polar surface area (TPSA) is 83.1 Å². The van der Waals surface area contributed by atoms with Crippen LogP contribution in [-0.2, 0) is 6.42 Å². The highest BCUT2D eigenvalue weighted by Gasteiger charge is 2.15. The minimum Gasteiger partial charge on any atom is -0.348 e. The van der Waals surface area contributed by atoms with Crippen LogP contribution < -0.4 is 16.0 Å². The normalized spacial score (nSPS) is 11.5. The van der Waals surface area contributed by atoms with Crippen molar-refractivity contribution in [3.05, 3.63) is 76.3 Å². The zero-order valence-corrected chi connectivity index (χ0v) is 17.4. The van der Waals surface area contributed by atoms with Crippen molar-refractivity contribution in [1.82, 2.24) is 10.3 Å². The molecule has 2 aromatic carbocycles. The predicted molar refractivity (Wildman–Crippen MR) is 118 cm³/mol. The highest BCUT2D eigenvalue weighted by molar-refractivity contribution is 7.14. The van der Waals surface area contributed by atoms with E-state index in [4.69, 9.17) is 11.6 Å². The molecular formula is C21H21ClN4O2S. The van der Waals surface area contributed by atoms with Gasteiger partial charge in [0.2, 0.25) is 0 Å². The lowest BCUT2D eigenvalue weighted by Crippen LogP contribution is -2.33. The zero-order valence-electron chi connectivity index (χ0n) is 15.8. The third-order valence-electron chi connectivity index (χ3n) is 4.13. The Balaban J connectivity index is 1.48. The molecule has 29 heavy (non-hydrogen) atoms. The smallest absolute Gasteiger partial charge is 0.325 e. The molecule has 3 N–H and O–H groups in total. The molecule has 1 atom stereocenters. The summed E-state index contributed by atoms with van der Waals surface area (Å²) in [6.07, 6.45) is 1.71. The van der Waals surface area contributed by atoms with E-state index in [1.54, 1.807) is 29.6 Å². The van der Waals surface area contributed by atoms with Crippen molar-refractivity contribution < 1.29 is 9.59 Å². The van der Waals surface area contributed by atoms with Gasteiger partial charge in [-0.25, -0.2) is 9.78 Å². The lowest BCUT2D eigenvalue weighted by molar-refractivity contribution is 0.0934. The van der Waals surface area contributed by atoms with Crippen molar-refractivity contribution in [2.24, 2.45) is 0 Å². The number of hydrogen-bond acceptors (Lipinski definition) is 4. The van der Waals surface area contributed by atoms with E-state index in [0.29, 0.717) is 15.8 Å². The molecule has 0 aliphatic rings. The maximum atomic E-state index is 12.4. The molecule has 0 bridgehead atoms. The van der Waals surface area contributed by atoms with Gasteiger partial charge < -0.3 is 10.6 Å². The van der Waals surface area contributed by atoms with Gasteiger partial charge in [-0.2, -0.15) is 0 Å². The molecule has 1 aromatic heterocycles. The number of carbonyl (C=O) groups excluding carboxylic acids is 2. The SMILES string of the molecule is CC(CCc1ccccc1)NC(=O)c1csc(NC(=O)Nc2cccc(Cl)c2)n1. The minimum absolute atomic E-state index is 0.00643. The number of urea groups is 1. The molecule has 0 saturated heterocycles. The molecule has 1 unspecified atom stereocenters. The second-order valence-electron chi connectivity index (χ2n) is 6.53. The summed E-state index contributed by atoms with van der Waals surface area (Å²) < 4.78 is 0. The van der Waals surface area contributed by atoms with E-state index in [-0.39, 0.29) is 17.6 Å². The first-order valence-electron chi connectivity index (χ1n) is 9.13. The van der Waals surface area contributed by atoms with Crippen LogP contribution in [0.25, 0.3) is 0 Å². The summed E-state index contributed by atoms with van der Waals surface area (Å²) in [6, 6.07) is 16.5. The number of carbonyl (C=O) groups is 2. The van der Waals surface area contributed by atoms with Crippen LogP contribution in [0.4, 0.5) is 15.6 Å². The van der Waals surface area contributed by atoms with Crippen LogP contribution >= 0.6 is 22.9 Å². The van der Waals surface area contributed by atoms with Gasteiger partial charge in [-0.05, 0) is 43.5 Å². The zero-order chi connectivity index (χ0) is 20.6. The number of anilines is 2. The third kappa shape index (κ3) is 6.58. The molecule has 0 fully saturated rings. The Morgan fingerprint density at radius 3 is 2.66 bits per heavy atom. The number of aryl methyl sites for hydroxylation is 1. The summed E-state index contributed by atoms with van der Waals surface area (Å²) in [5.41, 5.74) is 2.08. The minimum atomic E-state index is -0.454. The maximum Gasteiger partial charge on any atom is 0.325 e. The Hall–Kier alpha value is -2.90. The molecule has 0 aliphatic heterocycles. The summed E-state index contributed by atoms with van der Waals surface area (Å²) in [4.78, 5) is 28.6. The number of aromatic nitrogens is 1. The van der Waals surface area contributed by atoms with Crippen molar-refractivity contribution >= 4 is 45.7 Å². The van der Waals surface area contributed by atoms with Crippen LogP contribution in [0.3, 0.4) is 0 Å². The number of benzene rings is 2. The summed E-state index contributed by atoms with van der Waals surface area (Å²) >= 11 is 7.09. The van der Waals surface area contributed by atoms with Crippen molar-refractivity contribution in [3.8, 4) is 0 Å². The van der Waals surface area contributed by atoms with Gasteiger partial charge in [0.1, 0.15) is 5.69 Å². The first-order chi connectivity index (χ1) is 14.0. The van der Waals surface area contributed by atoms with Crippen molar-refractivity contribution in [1.29, 1.82) is 0 Å². The van der Waals surface area contributed by atoms with Crippen LogP contribution in [0.2, 0.25) is 5.02 Å². The summed E-state index contributed by atoms with van der Waals surface area (Å²) in [5, 5.41) is 10.7. The summed E-state index contributed by atoms with van der Waals surface area (Å²) in [6.45, 7) is 1.96. The quantitative estimate of drug-likeness (QED) is 0.484. The fraction of sp³-hybridized carbons (Fsp3) is 0.190. The van der Waals surface area contributed by atoms with E-state index in [2.05, 4.69) is 33.1 Å². The lowest BCUT2D eigenvalue weighted by atomic mass is 10.1. The number of nitrogens with one attached hydrogen (secondary N) is 3. The van der Waals surface area contributed by atoms with E-state index in [0.717, 1.165) is 12.8 Å². The molecule has 1 heterocycles. The van der Waals surface area contributed by atoms with Gasteiger partial charge in [0.25, 0.3) is 5.91 Å². The third-order valence-corrected chi connectivity index (χ3v) is 5.12. The average Bonchev–Trinajstić information content (AvgIpc) is 3.15. The molecule has 0 radical (unpaired) electrons. The van der Waals surface area contributed by atoms with E-state index >= 15 is 0 Å². The number of thiazole rings is 1. The van der Waals surface area contributed by atoms with Gasteiger partial charge in [-0.3, -0.25) is 10.1 Å². The van der Waals surface area contributed by atoms with Crippen molar-refractivity contribution in [3.63, 3.8) is 0 Å². The first-order valence-corrected chi connectivity index (χ1v) is 10.4. The summed E-state index contributed by atoms with van der Waals surface area (Å²) in [5.74, 6) is -0.259. The number of nitrogens with zero attached hydrogens (tertiary/aromatic N) is 1. The van der Waals surface area contributed by atoms with Crippen molar-refractivity contribution in [2.45, 2.75) is 25.8 Å². The molecule has 3 aromatic rings. The van der Waals surface area contributed by atoms with E-state index < -0.39 is 6.03 Å². The Morgan fingerprint density at radius 1 is 1.10 bits per heavy atom. The Labute approximate surface area is 178 Å². The molecule has 150 valence electrons. The maximum absolute atomic E-state index is 12.4. The molecule has 8 heteroatoms. The highest BCUT2D eigenvalue weighted by atomic mass is 35.5. The van der Waals surface area contributed by atoms with Crippen LogP contribution in [-0.4, -0.2) is 23.0 Å². The number of hydrogen-bond donors (Lipinski definition) is 3.